The van der Waals surface area contributed by atoms with Crippen molar-refractivity contribution in [2.45, 2.75) is 70.1 Å². The number of anilines is 1. The molecule has 300 valence electrons. The predicted octanol–water partition coefficient (Wildman–Crippen LogP) is 9.47. The number of phenolic OH excluding ortho intramolecular Hbond substituents is 1. The van der Waals surface area contributed by atoms with Crippen molar-refractivity contribution in [2.24, 2.45) is 11.8 Å². The first-order valence-electron chi connectivity index (χ1n) is 19.0. The van der Waals surface area contributed by atoms with Crippen LogP contribution in [-0.4, -0.2) is 59.3 Å². The zero-order chi connectivity index (χ0) is 40.5. The Hall–Kier alpha value is -5.45. The van der Waals surface area contributed by atoms with E-state index >= 15 is 0 Å². The maximum absolute atomic E-state index is 13.5. The first-order chi connectivity index (χ1) is 27.0. The summed E-state index contributed by atoms with van der Waals surface area (Å²) in [5, 5.41) is 9.76. The summed E-state index contributed by atoms with van der Waals surface area (Å²) in [5.41, 5.74) is 11.0. The quantitative estimate of drug-likeness (QED) is 0.106. The van der Waals surface area contributed by atoms with Crippen LogP contribution in [-0.2, 0) is 0 Å². The third-order valence-corrected chi connectivity index (χ3v) is 11.2. The highest BCUT2D eigenvalue weighted by Crippen LogP contribution is 2.45. The number of carbonyl (C=O) groups is 2. The largest absolute Gasteiger partial charge is 0.505 e. The number of nitrogens with two attached hydrogens (primary N) is 1. The molecule has 56 heavy (non-hydrogen) atoms. The molecule has 0 aromatic heterocycles. The van der Waals surface area contributed by atoms with Crippen LogP contribution in [0.4, 0.5) is 10.1 Å². The number of halogens is 1. The lowest BCUT2D eigenvalue weighted by Gasteiger charge is -2.31. The van der Waals surface area contributed by atoms with Gasteiger partial charge in [-0.3, -0.25) is 9.59 Å². The van der Waals surface area contributed by atoms with Gasteiger partial charge in [-0.15, -0.1) is 0 Å². The van der Waals surface area contributed by atoms with Gasteiger partial charge in [0, 0.05) is 28.7 Å². The number of phenols is 1. The van der Waals surface area contributed by atoms with Crippen molar-refractivity contribution in [3.63, 3.8) is 0 Å². The average molecular weight is 772 g/mol. The van der Waals surface area contributed by atoms with Gasteiger partial charge in [-0.2, -0.15) is 0 Å². The Balaban J connectivity index is 0.000000214. The van der Waals surface area contributed by atoms with Crippen LogP contribution in [0, 0.1) is 24.6 Å². The lowest BCUT2D eigenvalue weighted by Crippen LogP contribution is -2.26. The van der Waals surface area contributed by atoms with Gasteiger partial charge in [0.05, 0.1) is 42.7 Å². The highest BCUT2D eigenvalue weighted by atomic mass is 19.1. The zero-order valence-electron chi connectivity index (χ0n) is 33.4. The Morgan fingerprint density at radius 3 is 1.36 bits per heavy atom. The van der Waals surface area contributed by atoms with Crippen LogP contribution < -0.4 is 34.2 Å². The van der Waals surface area contributed by atoms with E-state index in [0.717, 1.165) is 73.7 Å². The molecule has 0 saturated heterocycles. The Bertz CT molecular complexity index is 1820. The van der Waals surface area contributed by atoms with Crippen molar-refractivity contribution in [1.29, 1.82) is 0 Å². The molecule has 11 heteroatoms. The highest BCUT2D eigenvalue weighted by molar-refractivity contribution is 6.00. The van der Waals surface area contributed by atoms with Gasteiger partial charge < -0.3 is 39.3 Å². The van der Waals surface area contributed by atoms with Crippen LogP contribution >= 0.6 is 0 Å². The molecular formula is C45H54FNO9. The average Bonchev–Trinajstić information content (AvgIpc) is 3.24. The molecule has 0 heterocycles. The van der Waals surface area contributed by atoms with E-state index in [1.165, 1.54) is 33.5 Å². The molecule has 0 bridgehead atoms. The van der Waals surface area contributed by atoms with Crippen LogP contribution in [0.2, 0.25) is 0 Å². The van der Waals surface area contributed by atoms with Crippen LogP contribution in [0.15, 0.2) is 60.7 Å². The second kappa shape index (κ2) is 18.9. The van der Waals surface area contributed by atoms with E-state index in [4.69, 9.17) is 34.2 Å². The van der Waals surface area contributed by atoms with Gasteiger partial charge in [-0.05, 0) is 104 Å². The molecule has 4 atom stereocenters. The Kier molecular flexibility index (Phi) is 14.1. The van der Waals surface area contributed by atoms with Crippen LogP contribution in [0.25, 0.3) is 0 Å². The smallest absolute Gasteiger partial charge is 0.203 e. The van der Waals surface area contributed by atoms with Gasteiger partial charge in [0.2, 0.25) is 11.5 Å². The number of benzene rings is 4. The van der Waals surface area contributed by atoms with Gasteiger partial charge >= 0.3 is 0 Å². The van der Waals surface area contributed by atoms with Crippen molar-refractivity contribution < 1.29 is 47.5 Å². The topological polar surface area (TPSA) is 136 Å². The molecule has 3 N–H and O–H groups in total. The van der Waals surface area contributed by atoms with Crippen molar-refractivity contribution in [3.8, 4) is 40.2 Å². The molecule has 2 aliphatic rings. The summed E-state index contributed by atoms with van der Waals surface area (Å²) < 4.78 is 45.8. The van der Waals surface area contributed by atoms with E-state index in [1.54, 1.807) is 51.7 Å². The van der Waals surface area contributed by atoms with E-state index in [1.807, 2.05) is 19.1 Å². The van der Waals surface area contributed by atoms with Crippen molar-refractivity contribution in [2.75, 3.05) is 48.4 Å². The Morgan fingerprint density at radius 2 is 0.982 bits per heavy atom. The van der Waals surface area contributed by atoms with E-state index in [9.17, 15) is 19.1 Å². The molecule has 0 amide bonds. The molecule has 2 saturated carbocycles. The molecule has 4 aromatic carbocycles. The fraction of sp³-hybridized carbons (Fsp3) is 0.422. The van der Waals surface area contributed by atoms with Crippen LogP contribution in [0.3, 0.4) is 0 Å². The summed E-state index contributed by atoms with van der Waals surface area (Å²) in [5.74, 6) is 1.57. The van der Waals surface area contributed by atoms with Gasteiger partial charge in [-0.25, -0.2) is 4.39 Å². The summed E-state index contributed by atoms with van der Waals surface area (Å²) in [7, 11) is 9.21. The third-order valence-electron chi connectivity index (χ3n) is 11.2. The maximum Gasteiger partial charge on any atom is 0.203 e. The first-order valence-corrected chi connectivity index (χ1v) is 19.0. The molecule has 0 spiro atoms. The van der Waals surface area contributed by atoms with E-state index in [-0.39, 0.29) is 41.0 Å². The second-order valence-electron chi connectivity index (χ2n) is 14.4. The fourth-order valence-corrected chi connectivity index (χ4v) is 8.21. The van der Waals surface area contributed by atoms with Gasteiger partial charge in [-0.1, -0.05) is 43.9 Å². The number of nitrogen functional groups attached to an aromatic ring is 1. The predicted molar refractivity (Wildman–Crippen MR) is 214 cm³/mol. The minimum absolute atomic E-state index is 0.0206. The summed E-state index contributed by atoms with van der Waals surface area (Å²) in [4.78, 5) is 26.9. The number of ether oxygens (including phenoxy) is 6. The second-order valence-corrected chi connectivity index (χ2v) is 14.4. The molecule has 10 nitrogen and oxygen atoms in total. The number of aryl methyl sites for hydroxylation is 1. The van der Waals surface area contributed by atoms with Gasteiger partial charge in [0.15, 0.2) is 46.1 Å². The number of ketones is 2. The molecule has 4 aromatic rings. The molecule has 4 unspecified atom stereocenters. The minimum Gasteiger partial charge on any atom is -0.505 e. The Morgan fingerprint density at radius 1 is 0.589 bits per heavy atom. The molecule has 2 aliphatic carbocycles. The Labute approximate surface area is 329 Å². The van der Waals surface area contributed by atoms with Crippen LogP contribution in [0.5, 0.6) is 40.2 Å². The number of methoxy groups -OCH3 is 6. The van der Waals surface area contributed by atoms with Gasteiger partial charge in [0.25, 0.3) is 0 Å². The van der Waals surface area contributed by atoms with E-state index in [2.05, 4.69) is 6.07 Å². The normalized spacial score (nSPS) is 19.1. The van der Waals surface area contributed by atoms with Crippen molar-refractivity contribution in [1.82, 2.24) is 0 Å². The van der Waals surface area contributed by atoms with Gasteiger partial charge in [0.1, 0.15) is 0 Å². The van der Waals surface area contributed by atoms with Crippen molar-refractivity contribution in [3.05, 3.63) is 94.3 Å². The van der Waals surface area contributed by atoms with E-state index in [0.29, 0.717) is 45.6 Å². The monoisotopic (exact) mass is 771 g/mol. The summed E-state index contributed by atoms with van der Waals surface area (Å²) >= 11 is 0. The summed E-state index contributed by atoms with van der Waals surface area (Å²) in [6.45, 7) is 2.00. The number of aromatic hydroxyl groups is 1. The minimum atomic E-state index is -0.660. The number of Topliss-reactive ketones (excluding diaryl/α,β-unsaturated/α-hetero) is 2. The number of carbonyl (C=O) groups excluding carboxylic acids is 2. The lowest BCUT2D eigenvalue weighted by molar-refractivity contribution is 0.0860. The third kappa shape index (κ3) is 8.98. The number of rotatable bonds is 12. The zero-order valence-corrected chi connectivity index (χ0v) is 33.4. The standard InChI is InChI=1S/C23H29NO4.C22H25FO5/c1-14-9-10-15(11-19(14)24)17-7-5-6-8-18(17)22(25)16-12-20(26-2)23(28-4)21(13-16)27-3;1-26-19-11-14(12-20(27-2)22(19)28-3)21(25)16-7-5-4-6-15(16)13-8-9-17(23)18(24)10-13/h9-13,17-18H,5-8,24H2,1-4H3;8-12,15-16,24H,4-7H2,1-3H3. The highest BCUT2D eigenvalue weighted by Gasteiger charge is 2.35. The first kappa shape index (κ1) is 41.7. The lowest BCUT2D eigenvalue weighted by atomic mass is 9.72. The molecule has 6 rings (SSSR count). The summed E-state index contributed by atoms with van der Waals surface area (Å²) in [6.07, 6.45) is 7.52. The van der Waals surface area contributed by atoms with Crippen LogP contribution in [0.1, 0.15) is 101 Å². The molecule has 0 radical (unpaired) electrons. The maximum atomic E-state index is 13.5. The fourth-order valence-electron chi connectivity index (χ4n) is 8.21. The SMILES string of the molecule is COc1cc(C(=O)C2CCCCC2c2ccc(C)c(N)c2)cc(OC)c1OC.COc1cc(C(=O)C2CCCCC2c2ccc(F)c(O)c2)cc(OC)c1OC. The molecule has 0 aliphatic heterocycles. The number of hydrogen-bond donors (Lipinski definition) is 2. The molecule has 2 fully saturated rings. The number of hydrogen-bond acceptors (Lipinski definition) is 10. The van der Waals surface area contributed by atoms with E-state index < -0.39 is 5.82 Å². The molecular weight excluding hydrogens is 717 g/mol. The van der Waals surface area contributed by atoms with Crippen molar-refractivity contribution >= 4 is 17.3 Å². The summed E-state index contributed by atoms with van der Waals surface area (Å²) in [6, 6.07) is 17.3.